The molecule has 2 fully saturated rings. The van der Waals surface area contributed by atoms with Crippen LogP contribution in [0.25, 0.3) is 11.0 Å². The van der Waals surface area contributed by atoms with E-state index < -0.39 is 10.0 Å². The first-order valence-electron chi connectivity index (χ1n) is 13.4. The van der Waals surface area contributed by atoms with Gasteiger partial charge in [0.05, 0.1) is 22.5 Å². The molecule has 0 atom stereocenters. The van der Waals surface area contributed by atoms with Crippen molar-refractivity contribution in [3.05, 3.63) is 84.4 Å². The van der Waals surface area contributed by atoms with E-state index in [1.165, 1.54) is 5.69 Å². The average molecular weight is 545 g/mol. The summed E-state index contributed by atoms with van der Waals surface area (Å²) in [5.41, 5.74) is 3.57. The number of piperidine rings is 2. The van der Waals surface area contributed by atoms with Crippen molar-refractivity contribution >= 4 is 32.7 Å². The molecule has 0 bridgehead atoms. The fourth-order valence-corrected chi connectivity index (χ4v) is 6.80. The zero-order valence-corrected chi connectivity index (χ0v) is 22.5. The Morgan fingerprint density at radius 3 is 2.33 bits per heavy atom. The van der Waals surface area contributed by atoms with Crippen molar-refractivity contribution in [2.45, 2.75) is 37.1 Å². The molecule has 1 spiro atoms. The fraction of sp³-hybridized carbons (Fsp3) is 0.345. The van der Waals surface area contributed by atoms with E-state index in [1.54, 1.807) is 36.4 Å². The molecular weight excluding hydrogens is 512 g/mol. The number of carbonyl (C=O) groups is 1. The topological polar surface area (TPSA) is 111 Å². The quantitative estimate of drug-likeness (QED) is 0.380. The van der Waals surface area contributed by atoms with Gasteiger partial charge in [-0.25, -0.2) is 18.1 Å². The molecule has 10 heteroatoms. The zero-order valence-electron chi connectivity index (χ0n) is 21.7. The number of carbonyl (C=O) groups excluding carboxylic acids is 1. The molecule has 2 saturated heterocycles. The highest BCUT2D eigenvalue weighted by atomic mass is 32.2. The van der Waals surface area contributed by atoms with Crippen LogP contribution in [0.2, 0.25) is 0 Å². The molecule has 0 saturated carbocycles. The van der Waals surface area contributed by atoms with E-state index >= 15 is 0 Å². The third kappa shape index (κ3) is 5.39. The first kappa shape index (κ1) is 25.5. The molecule has 6 rings (SSSR count). The molecule has 4 aromatic rings. The summed E-state index contributed by atoms with van der Waals surface area (Å²) >= 11 is 0. The summed E-state index contributed by atoms with van der Waals surface area (Å²) in [4.78, 5) is 29.7. The normalized spacial score (nSPS) is 17.5. The van der Waals surface area contributed by atoms with Gasteiger partial charge in [0.15, 0.2) is 0 Å². The summed E-state index contributed by atoms with van der Waals surface area (Å²) in [7, 11) is -3.64. The molecule has 0 radical (unpaired) electrons. The summed E-state index contributed by atoms with van der Waals surface area (Å²) in [6, 6.07) is 17.8. The summed E-state index contributed by atoms with van der Waals surface area (Å²) in [6.45, 7) is 3.64. The van der Waals surface area contributed by atoms with Gasteiger partial charge in [-0.15, -0.1) is 0 Å². The Labute approximate surface area is 228 Å². The second kappa shape index (κ2) is 10.4. The first-order valence-corrected chi connectivity index (χ1v) is 14.9. The zero-order chi connectivity index (χ0) is 26.9. The van der Waals surface area contributed by atoms with E-state index in [0.29, 0.717) is 27.8 Å². The van der Waals surface area contributed by atoms with Gasteiger partial charge in [0.1, 0.15) is 5.82 Å². The lowest BCUT2D eigenvalue weighted by molar-refractivity contribution is 0.0515. The van der Waals surface area contributed by atoms with Gasteiger partial charge < -0.3 is 14.8 Å². The van der Waals surface area contributed by atoms with Crippen LogP contribution in [-0.4, -0.2) is 60.4 Å². The number of hydrogen-bond donors (Lipinski definition) is 2. The van der Waals surface area contributed by atoms with Gasteiger partial charge in [-0.3, -0.25) is 9.78 Å². The number of aromatic nitrogens is 3. The monoisotopic (exact) mass is 544 g/mol. The van der Waals surface area contributed by atoms with Crippen LogP contribution >= 0.6 is 0 Å². The molecule has 2 aromatic heterocycles. The van der Waals surface area contributed by atoms with Crippen molar-refractivity contribution in [1.82, 2.24) is 24.6 Å². The summed E-state index contributed by atoms with van der Waals surface area (Å²) in [6.07, 6.45) is 8.04. The maximum absolute atomic E-state index is 13.4. The Kier molecular flexibility index (Phi) is 6.82. The molecule has 39 heavy (non-hydrogen) atoms. The molecule has 2 aromatic carbocycles. The molecule has 4 heterocycles. The second-order valence-electron chi connectivity index (χ2n) is 10.5. The smallest absolute Gasteiger partial charge is 0.253 e. The lowest BCUT2D eigenvalue weighted by Crippen LogP contribution is -2.48. The van der Waals surface area contributed by atoms with Crippen LogP contribution in [0.15, 0.2) is 78.0 Å². The van der Waals surface area contributed by atoms with Gasteiger partial charge in [-0.05, 0) is 73.6 Å². The summed E-state index contributed by atoms with van der Waals surface area (Å²) in [5.74, 6) is 0.522. The third-order valence-electron chi connectivity index (χ3n) is 8.22. The molecule has 202 valence electrons. The molecular formula is C29H32N6O3S. The Balaban J connectivity index is 1.06. The number of nitrogens with zero attached hydrogens (tertiary/aromatic N) is 4. The molecule has 0 aliphatic carbocycles. The number of rotatable bonds is 6. The number of benzene rings is 2. The van der Waals surface area contributed by atoms with Crippen molar-refractivity contribution in [3.8, 4) is 0 Å². The lowest BCUT2D eigenvalue weighted by Gasteiger charge is -2.47. The van der Waals surface area contributed by atoms with Crippen LogP contribution < -0.4 is 9.62 Å². The standard InChI is InChI=1S/C29H32N6O3S/c36-28(35-18-12-29(13-19-35)10-16-34(17-11-29)23-8-14-30-15-9-23)22-6-7-25-26(20-22)33-27(32-25)21-31-39(37,38)24-4-2-1-3-5-24/h1-9,14-15,20,31H,10-13,16-19,21H2,(H,32,33). The first-order chi connectivity index (χ1) is 18.9. The van der Waals surface area contributed by atoms with Gasteiger partial charge in [-0.2, -0.15) is 0 Å². The van der Waals surface area contributed by atoms with E-state index in [1.807, 2.05) is 29.4 Å². The number of likely N-dealkylation sites (tertiary alicyclic amines) is 1. The van der Waals surface area contributed by atoms with Crippen molar-refractivity contribution in [2.75, 3.05) is 31.1 Å². The fourth-order valence-electron chi connectivity index (χ4n) is 5.79. The van der Waals surface area contributed by atoms with E-state index in [9.17, 15) is 13.2 Å². The van der Waals surface area contributed by atoms with E-state index in [2.05, 4.69) is 36.7 Å². The molecule has 2 aliphatic rings. The van der Waals surface area contributed by atoms with Crippen molar-refractivity contribution in [1.29, 1.82) is 0 Å². The lowest BCUT2D eigenvalue weighted by atomic mass is 9.71. The van der Waals surface area contributed by atoms with Crippen LogP contribution in [0.5, 0.6) is 0 Å². The number of hydrogen-bond acceptors (Lipinski definition) is 6. The number of aromatic amines is 1. The number of fused-ring (bicyclic) bond motifs is 1. The molecule has 0 unspecified atom stereocenters. The summed E-state index contributed by atoms with van der Waals surface area (Å²) in [5, 5.41) is 0. The number of H-pyrrole nitrogens is 1. The SMILES string of the molecule is O=C(c1ccc2nc(CNS(=O)(=O)c3ccccc3)[nH]c2c1)N1CCC2(CC1)CCN(c1ccncc1)CC2. The number of anilines is 1. The highest BCUT2D eigenvalue weighted by Crippen LogP contribution is 2.42. The van der Waals surface area contributed by atoms with Gasteiger partial charge in [0.25, 0.3) is 5.91 Å². The minimum atomic E-state index is -3.64. The van der Waals surface area contributed by atoms with Gasteiger partial charge in [0.2, 0.25) is 10.0 Å². The van der Waals surface area contributed by atoms with Crippen molar-refractivity contribution in [2.24, 2.45) is 5.41 Å². The number of nitrogens with one attached hydrogen (secondary N) is 2. The minimum absolute atomic E-state index is 0.0295. The average Bonchev–Trinajstić information content (AvgIpc) is 3.40. The van der Waals surface area contributed by atoms with E-state index in [4.69, 9.17) is 0 Å². The molecule has 1 amide bonds. The minimum Gasteiger partial charge on any atom is -0.371 e. The third-order valence-corrected chi connectivity index (χ3v) is 9.64. The number of sulfonamides is 1. The van der Waals surface area contributed by atoms with Crippen LogP contribution in [0.3, 0.4) is 0 Å². The highest BCUT2D eigenvalue weighted by Gasteiger charge is 2.38. The van der Waals surface area contributed by atoms with Crippen molar-refractivity contribution in [3.63, 3.8) is 0 Å². The Hall–Kier alpha value is -3.76. The second-order valence-corrected chi connectivity index (χ2v) is 12.3. The summed E-state index contributed by atoms with van der Waals surface area (Å²) < 4.78 is 27.6. The van der Waals surface area contributed by atoms with Gasteiger partial charge in [-0.1, -0.05) is 18.2 Å². The molecule has 9 nitrogen and oxygen atoms in total. The van der Waals surface area contributed by atoms with Gasteiger partial charge >= 0.3 is 0 Å². The van der Waals surface area contributed by atoms with Crippen molar-refractivity contribution < 1.29 is 13.2 Å². The highest BCUT2D eigenvalue weighted by molar-refractivity contribution is 7.89. The predicted octanol–water partition coefficient (Wildman–Crippen LogP) is 3.96. The maximum Gasteiger partial charge on any atom is 0.253 e. The van der Waals surface area contributed by atoms with Crippen LogP contribution in [0, 0.1) is 5.41 Å². The Bertz CT molecular complexity index is 1550. The number of imidazole rings is 1. The van der Waals surface area contributed by atoms with Gasteiger partial charge in [0, 0.05) is 49.8 Å². The largest absolute Gasteiger partial charge is 0.371 e. The van der Waals surface area contributed by atoms with Crippen LogP contribution in [0.1, 0.15) is 41.9 Å². The molecule has 2 aliphatic heterocycles. The maximum atomic E-state index is 13.4. The molecule has 2 N–H and O–H groups in total. The number of pyridine rings is 1. The van der Waals surface area contributed by atoms with E-state index in [0.717, 1.165) is 51.9 Å². The van der Waals surface area contributed by atoms with Crippen LogP contribution in [-0.2, 0) is 16.6 Å². The Morgan fingerprint density at radius 2 is 1.62 bits per heavy atom. The number of amides is 1. The predicted molar refractivity (Wildman–Crippen MR) is 150 cm³/mol. The Morgan fingerprint density at radius 1 is 0.923 bits per heavy atom. The van der Waals surface area contributed by atoms with Crippen LogP contribution in [0.4, 0.5) is 5.69 Å². The van der Waals surface area contributed by atoms with E-state index in [-0.39, 0.29) is 17.3 Å².